The monoisotopic (exact) mass is 359 g/mol. The molecule has 0 unspecified atom stereocenters. The van der Waals surface area contributed by atoms with Crippen molar-refractivity contribution in [2.24, 2.45) is 0 Å². The number of nitrogens with one attached hydrogen (secondary N) is 1. The highest BCUT2D eigenvalue weighted by Crippen LogP contribution is 2.13. The Kier molecular flexibility index (Phi) is 7.85. The van der Waals surface area contributed by atoms with Gasteiger partial charge in [-0.05, 0) is 23.3 Å². The number of carboxylic acid groups (broad SMARTS) is 1. The number of carbonyl (C=O) groups is 2. The molecule has 0 aromatic heterocycles. The second-order valence-corrected chi connectivity index (χ2v) is 6.53. The van der Waals surface area contributed by atoms with Crippen LogP contribution in [0.2, 0.25) is 0 Å². The van der Waals surface area contributed by atoms with Crippen LogP contribution in [-0.2, 0) is 21.9 Å². The number of aliphatic carboxylic acids is 1. The van der Waals surface area contributed by atoms with Crippen LogP contribution in [0.25, 0.3) is 0 Å². The fourth-order valence-corrected chi connectivity index (χ4v) is 3.10. The van der Waals surface area contributed by atoms with Crippen molar-refractivity contribution in [3.05, 3.63) is 71.8 Å². The number of rotatable bonds is 9. The van der Waals surface area contributed by atoms with Gasteiger partial charge in [0.1, 0.15) is 12.6 Å². The van der Waals surface area contributed by atoms with Crippen molar-refractivity contribution in [3.63, 3.8) is 0 Å². The lowest BCUT2D eigenvalue weighted by Crippen LogP contribution is -2.41. The van der Waals surface area contributed by atoms with E-state index in [2.05, 4.69) is 5.32 Å². The number of thioether (sulfide) groups is 1. The molecule has 0 heterocycles. The zero-order valence-corrected chi connectivity index (χ0v) is 14.6. The predicted octanol–water partition coefficient (Wildman–Crippen LogP) is 3.69. The van der Waals surface area contributed by atoms with Crippen LogP contribution < -0.4 is 5.32 Å². The minimum atomic E-state index is -1.06. The highest BCUT2D eigenvalue weighted by atomic mass is 32.2. The van der Waals surface area contributed by atoms with Gasteiger partial charge >= 0.3 is 12.1 Å². The lowest BCUT2D eigenvalue weighted by Gasteiger charge is -2.14. The summed E-state index contributed by atoms with van der Waals surface area (Å²) in [5, 5.41) is 11.7. The van der Waals surface area contributed by atoms with Gasteiger partial charge in [0.2, 0.25) is 0 Å². The third-order valence-electron chi connectivity index (χ3n) is 3.47. The Morgan fingerprint density at radius 2 is 1.60 bits per heavy atom. The molecule has 2 N–H and O–H groups in total. The van der Waals surface area contributed by atoms with Gasteiger partial charge in [-0.2, -0.15) is 11.8 Å². The summed E-state index contributed by atoms with van der Waals surface area (Å²) in [7, 11) is 0. The molecule has 0 aliphatic rings. The van der Waals surface area contributed by atoms with Gasteiger partial charge in [-0.1, -0.05) is 60.7 Å². The molecule has 0 saturated heterocycles. The topological polar surface area (TPSA) is 75.6 Å². The molecule has 0 aliphatic carbocycles. The molecule has 132 valence electrons. The first kappa shape index (κ1) is 18.9. The first-order chi connectivity index (χ1) is 12.1. The first-order valence-corrected chi connectivity index (χ1v) is 9.12. The van der Waals surface area contributed by atoms with E-state index in [1.54, 1.807) is 11.8 Å². The van der Waals surface area contributed by atoms with Crippen LogP contribution in [0.3, 0.4) is 0 Å². The number of hydrogen-bond acceptors (Lipinski definition) is 4. The van der Waals surface area contributed by atoms with E-state index < -0.39 is 18.1 Å². The van der Waals surface area contributed by atoms with Gasteiger partial charge in [0.15, 0.2) is 0 Å². The quantitative estimate of drug-likeness (QED) is 0.668. The first-order valence-electron chi connectivity index (χ1n) is 7.97. The van der Waals surface area contributed by atoms with E-state index in [1.807, 2.05) is 60.7 Å². The molecule has 0 saturated carbocycles. The molecule has 0 radical (unpaired) electrons. The van der Waals surface area contributed by atoms with Gasteiger partial charge < -0.3 is 15.2 Å². The van der Waals surface area contributed by atoms with Crippen molar-refractivity contribution in [1.29, 1.82) is 0 Å². The Hall–Kier alpha value is -2.47. The highest BCUT2D eigenvalue weighted by Gasteiger charge is 2.20. The van der Waals surface area contributed by atoms with E-state index in [-0.39, 0.29) is 6.61 Å². The Bertz CT molecular complexity index is 664. The summed E-state index contributed by atoms with van der Waals surface area (Å²) in [6, 6.07) is 18.2. The van der Waals surface area contributed by atoms with E-state index in [0.717, 1.165) is 11.3 Å². The summed E-state index contributed by atoms with van der Waals surface area (Å²) in [6.07, 6.45) is -0.378. The molecule has 2 aromatic carbocycles. The number of carboxylic acids is 1. The van der Waals surface area contributed by atoms with Gasteiger partial charge in [0.05, 0.1) is 0 Å². The third kappa shape index (κ3) is 7.30. The minimum absolute atomic E-state index is 0.113. The number of benzene rings is 2. The van der Waals surface area contributed by atoms with Crippen LogP contribution in [0.4, 0.5) is 4.79 Å². The molecular formula is C19H21NO4S. The van der Waals surface area contributed by atoms with Gasteiger partial charge in [0, 0.05) is 5.75 Å². The van der Waals surface area contributed by atoms with Crippen LogP contribution in [0.15, 0.2) is 60.7 Å². The molecule has 25 heavy (non-hydrogen) atoms. The van der Waals surface area contributed by atoms with E-state index in [0.29, 0.717) is 12.2 Å². The fourth-order valence-electron chi connectivity index (χ4n) is 2.13. The smallest absolute Gasteiger partial charge is 0.408 e. The average Bonchev–Trinajstić information content (AvgIpc) is 2.64. The minimum Gasteiger partial charge on any atom is -0.480 e. The summed E-state index contributed by atoms with van der Waals surface area (Å²) >= 11 is 1.63. The number of alkyl carbamates (subject to hydrolysis) is 1. The SMILES string of the molecule is O=C(N[C@@H](CCSCc1ccccc1)C(=O)O)OCc1ccccc1. The maximum absolute atomic E-state index is 11.8. The van der Waals surface area contributed by atoms with E-state index in [1.165, 1.54) is 5.56 Å². The molecule has 1 amide bonds. The normalized spacial score (nSPS) is 11.5. The van der Waals surface area contributed by atoms with Crippen molar-refractivity contribution in [2.75, 3.05) is 5.75 Å². The van der Waals surface area contributed by atoms with Crippen molar-refractivity contribution in [2.45, 2.75) is 24.8 Å². The largest absolute Gasteiger partial charge is 0.480 e. The van der Waals surface area contributed by atoms with Crippen molar-refractivity contribution in [1.82, 2.24) is 5.32 Å². The van der Waals surface area contributed by atoms with Gasteiger partial charge in [-0.3, -0.25) is 0 Å². The summed E-state index contributed by atoms with van der Waals surface area (Å²) < 4.78 is 5.06. The molecular weight excluding hydrogens is 338 g/mol. The number of amides is 1. The molecule has 0 aliphatic heterocycles. The summed E-state index contributed by atoms with van der Waals surface area (Å²) in [4.78, 5) is 23.1. The second kappa shape index (κ2) is 10.4. The summed E-state index contributed by atoms with van der Waals surface area (Å²) in [6.45, 7) is 0.113. The highest BCUT2D eigenvalue weighted by molar-refractivity contribution is 7.98. The lowest BCUT2D eigenvalue weighted by atomic mass is 10.2. The molecule has 1 atom stereocenters. The standard InChI is InChI=1S/C19H21NO4S/c21-18(22)17(11-12-25-14-16-9-5-2-6-10-16)20-19(23)24-13-15-7-3-1-4-8-15/h1-10,17H,11-14H2,(H,20,23)(H,21,22)/t17-/m0/s1. The van der Waals surface area contributed by atoms with Crippen LogP contribution in [0, 0.1) is 0 Å². The van der Waals surface area contributed by atoms with Crippen LogP contribution in [-0.4, -0.2) is 29.0 Å². The predicted molar refractivity (Wildman–Crippen MR) is 98.4 cm³/mol. The summed E-state index contributed by atoms with van der Waals surface area (Å²) in [5.74, 6) is 0.383. The zero-order chi connectivity index (χ0) is 17.9. The van der Waals surface area contributed by atoms with E-state index in [4.69, 9.17) is 4.74 Å². The molecule has 0 spiro atoms. The molecule has 5 nitrogen and oxygen atoms in total. The Labute approximate surface area is 151 Å². The Balaban J connectivity index is 1.70. The average molecular weight is 359 g/mol. The molecule has 0 bridgehead atoms. The van der Waals surface area contributed by atoms with Crippen LogP contribution >= 0.6 is 11.8 Å². The third-order valence-corrected chi connectivity index (χ3v) is 4.53. The van der Waals surface area contributed by atoms with E-state index in [9.17, 15) is 14.7 Å². The second-order valence-electron chi connectivity index (χ2n) is 5.42. The lowest BCUT2D eigenvalue weighted by molar-refractivity contribution is -0.139. The summed E-state index contributed by atoms with van der Waals surface area (Å²) in [5.41, 5.74) is 2.04. The van der Waals surface area contributed by atoms with Gasteiger partial charge in [-0.25, -0.2) is 9.59 Å². The fraction of sp³-hybridized carbons (Fsp3) is 0.263. The van der Waals surface area contributed by atoms with Crippen LogP contribution in [0.5, 0.6) is 0 Å². The Morgan fingerprint density at radius 3 is 2.20 bits per heavy atom. The van der Waals surface area contributed by atoms with Gasteiger partial charge in [-0.15, -0.1) is 0 Å². The number of carbonyl (C=O) groups excluding carboxylic acids is 1. The van der Waals surface area contributed by atoms with Crippen LogP contribution in [0.1, 0.15) is 17.5 Å². The maximum Gasteiger partial charge on any atom is 0.408 e. The Morgan fingerprint density at radius 1 is 1.00 bits per heavy atom. The zero-order valence-electron chi connectivity index (χ0n) is 13.8. The number of ether oxygens (including phenoxy) is 1. The van der Waals surface area contributed by atoms with Crippen molar-refractivity contribution in [3.8, 4) is 0 Å². The molecule has 0 fully saturated rings. The van der Waals surface area contributed by atoms with Crippen molar-refractivity contribution >= 4 is 23.8 Å². The van der Waals surface area contributed by atoms with Crippen molar-refractivity contribution < 1.29 is 19.4 Å². The van der Waals surface area contributed by atoms with Gasteiger partial charge in [0.25, 0.3) is 0 Å². The molecule has 2 aromatic rings. The molecule has 6 heteroatoms. The number of hydrogen-bond donors (Lipinski definition) is 2. The van der Waals surface area contributed by atoms with E-state index >= 15 is 0 Å². The maximum atomic E-state index is 11.8. The molecule has 2 rings (SSSR count).